The smallest absolute Gasteiger partial charge is 0.254 e. The van der Waals surface area contributed by atoms with Crippen molar-refractivity contribution in [1.29, 1.82) is 0 Å². The van der Waals surface area contributed by atoms with Gasteiger partial charge in [0.15, 0.2) is 0 Å². The van der Waals surface area contributed by atoms with Crippen molar-refractivity contribution < 1.29 is 14.0 Å². The van der Waals surface area contributed by atoms with Gasteiger partial charge in [-0.15, -0.1) is 0 Å². The largest absolute Gasteiger partial charge is 0.339 e. The average Bonchev–Trinajstić information content (AvgIpc) is 3.00. The number of nitrogens with zero attached hydrogens (tertiary/aromatic N) is 2. The molecule has 1 aromatic rings. The second kappa shape index (κ2) is 6.66. The van der Waals surface area contributed by atoms with Gasteiger partial charge in [-0.05, 0) is 37.5 Å². The van der Waals surface area contributed by atoms with Crippen molar-refractivity contribution in [1.82, 2.24) is 9.80 Å². The number of rotatable bonds is 2. The molecule has 3 rings (SSSR count). The molecular weight excluding hydrogens is 297 g/mol. The standard InChI is InChI=1S/C17H22FN3O2/c18-14-3-1-2-12(10-14)16(22)20-6-8-21(9-7-20)17(23)13-4-5-15(19)11-13/h1-3,10,13,15H,4-9,11,19H2. The molecular formula is C17H22FN3O2. The van der Waals surface area contributed by atoms with Crippen molar-refractivity contribution in [3.63, 3.8) is 0 Å². The molecule has 2 aliphatic rings. The van der Waals surface area contributed by atoms with E-state index in [0.29, 0.717) is 31.7 Å². The Bertz CT molecular complexity index is 599. The maximum absolute atomic E-state index is 13.2. The molecule has 2 N–H and O–H groups in total. The van der Waals surface area contributed by atoms with Gasteiger partial charge in [0, 0.05) is 43.7 Å². The number of benzene rings is 1. The zero-order valence-corrected chi connectivity index (χ0v) is 13.1. The minimum absolute atomic E-state index is 0.0375. The highest BCUT2D eigenvalue weighted by Gasteiger charge is 2.33. The van der Waals surface area contributed by atoms with Crippen molar-refractivity contribution in [2.45, 2.75) is 25.3 Å². The Labute approximate surface area is 135 Å². The fourth-order valence-electron chi connectivity index (χ4n) is 3.43. The maximum atomic E-state index is 13.2. The van der Waals surface area contributed by atoms with Crippen LogP contribution in [-0.4, -0.2) is 53.8 Å². The van der Waals surface area contributed by atoms with Crippen LogP contribution in [-0.2, 0) is 4.79 Å². The molecule has 0 spiro atoms. The van der Waals surface area contributed by atoms with Crippen LogP contribution in [0.4, 0.5) is 4.39 Å². The zero-order valence-electron chi connectivity index (χ0n) is 13.1. The summed E-state index contributed by atoms with van der Waals surface area (Å²) in [6, 6.07) is 5.85. The van der Waals surface area contributed by atoms with Crippen LogP contribution in [0.3, 0.4) is 0 Å². The number of hydrogen-bond donors (Lipinski definition) is 1. The first-order chi connectivity index (χ1) is 11.0. The van der Waals surface area contributed by atoms with Crippen LogP contribution in [0.15, 0.2) is 24.3 Å². The third-order valence-corrected chi connectivity index (χ3v) is 4.77. The monoisotopic (exact) mass is 319 g/mol. The van der Waals surface area contributed by atoms with Crippen LogP contribution < -0.4 is 5.73 Å². The SMILES string of the molecule is NC1CCC(C(=O)N2CCN(C(=O)c3cccc(F)c3)CC2)C1. The predicted molar refractivity (Wildman–Crippen MR) is 84.2 cm³/mol. The third-order valence-electron chi connectivity index (χ3n) is 4.77. The summed E-state index contributed by atoms with van der Waals surface area (Å²) >= 11 is 0. The van der Waals surface area contributed by atoms with Crippen molar-refractivity contribution in [3.8, 4) is 0 Å². The van der Waals surface area contributed by atoms with E-state index in [1.54, 1.807) is 11.0 Å². The molecule has 23 heavy (non-hydrogen) atoms. The molecule has 2 unspecified atom stereocenters. The second-order valence-corrected chi connectivity index (χ2v) is 6.40. The lowest BCUT2D eigenvalue weighted by Gasteiger charge is -2.36. The van der Waals surface area contributed by atoms with Crippen molar-refractivity contribution in [2.75, 3.05) is 26.2 Å². The summed E-state index contributed by atoms with van der Waals surface area (Å²) in [4.78, 5) is 28.3. The van der Waals surface area contributed by atoms with Gasteiger partial charge >= 0.3 is 0 Å². The van der Waals surface area contributed by atoms with Crippen LogP contribution in [0.25, 0.3) is 0 Å². The summed E-state index contributed by atoms with van der Waals surface area (Å²) in [6.45, 7) is 2.04. The normalized spacial score (nSPS) is 24.8. The van der Waals surface area contributed by atoms with Gasteiger partial charge in [0.05, 0.1) is 0 Å². The molecule has 6 heteroatoms. The lowest BCUT2D eigenvalue weighted by Crippen LogP contribution is -2.51. The number of nitrogens with two attached hydrogens (primary N) is 1. The van der Waals surface area contributed by atoms with E-state index in [4.69, 9.17) is 5.73 Å². The Morgan fingerprint density at radius 2 is 1.78 bits per heavy atom. The van der Waals surface area contributed by atoms with E-state index in [-0.39, 0.29) is 23.8 Å². The van der Waals surface area contributed by atoms with Gasteiger partial charge in [0.2, 0.25) is 5.91 Å². The summed E-state index contributed by atoms with van der Waals surface area (Å²) in [6.07, 6.45) is 2.54. The number of hydrogen-bond acceptors (Lipinski definition) is 3. The molecule has 1 aliphatic carbocycles. The van der Waals surface area contributed by atoms with Crippen LogP contribution in [0.2, 0.25) is 0 Å². The minimum atomic E-state index is -0.415. The molecule has 2 amide bonds. The lowest BCUT2D eigenvalue weighted by atomic mass is 10.1. The summed E-state index contributed by atoms with van der Waals surface area (Å²) < 4.78 is 13.2. The van der Waals surface area contributed by atoms with E-state index >= 15 is 0 Å². The molecule has 124 valence electrons. The summed E-state index contributed by atoms with van der Waals surface area (Å²) in [5.74, 6) is -0.395. The molecule has 2 atom stereocenters. The number of halogens is 1. The van der Waals surface area contributed by atoms with Crippen LogP contribution in [0, 0.1) is 11.7 Å². The first kappa shape index (κ1) is 15.9. The van der Waals surface area contributed by atoms with Crippen LogP contribution >= 0.6 is 0 Å². The fraction of sp³-hybridized carbons (Fsp3) is 0.529. The first-order valence-electron chi connectivity index (χ1n) is 8.14. The predicted octanol–water partition coefficient (Wildman–Crippen LogP) is 1.24. The number of piperazine rings is 1. The van der Waals surface area contributed by atoms with Crippen LogP contribution in [0.5, 0.6) is 0 Å². The molecule has 1 saturated carbocycles. The fourth-order valence-corrected chi connectivity index (χ4v) is 3.43. The molecule has 1 saturated heterocycles. The van der Waals surface area contributed by atoms with Gasteiger partial charge in [0.1, 0.15) is 5.82 Å². The lowest BCUT2D eigenvalue weighted by molar-refractivity contribution is -0.136. The molecule has 1 heterocycles. The van der Waals surface area contributed by atoms with Crippen LogP contribution in [0.1, 0.15) is 29.6 Å². The van der Waals surface area contributed by atoms with Crippen molar-refractivity contribution >= 4 is 11.8 Å². The van der Waals surface area contributed by atoms with Gasteiger partial charge in [-0.1, -0.05) is 6.07 Å². The molecule has 0 radical (unpaired) electrons. The highest BCUT2D eigenvalue weighted by Crippen LogP contribution is 2.26. The van der Waals surface area contributed by atoms with E-state index in [2.05, 4.69) is 0 Å². The average molecular weight is 319 g/mol. The highest BCUT2D eigenvalue weighted by molar-refractivity contribution is 5.94. The van der Waals surface area contributed by atoms with E-state index in [0.717, 1.165) is 19.3 Å². The van der Waals surface area contributed by atoms with Gasteiger partial charge in [-0.2, -0.15) is 0 Å². The molecule has 5 nitrogen and oxygen atoms in total. The Morgan fingerprint density at radius 3 is 2.39 bits per heavy atom. The van der Waals surface area contributed by atoms with Crippen molar-refractivity contribution in [3.05, 3.63) is 35.6 Å². The highest BCUT2D eigenvalue weighted by atomic mass is 19.1. The Hall–Kier alpha value is -1.95. The van der Waals surface area contributed by atoms with Gasteiger partial charge < -0.3 is 15.5 Å². The molecule has 1 aliphatic heterocycles. The first-order valence-corrected chi connectivity index (χ1v) is 8.14. The molecule has 0 aromatic heterocycles. The topological polar surface area (TPSA) is 66.6 Å². The number of carbonyl (C=O) groups is 2. The van der Waals surface area contributed by atoms with E-state index in [1.165, 1.54) is 18.2 Å². The Balaban J connectivity index is 1.56. The van der Waals surface area contributed by atoms with Crippen molar-refractivity contribution in [2.24, 2.45) is 11.7 Å². The zero-order chi connectivity index (χ0) is 16.4. The number of carbonyl (C=O) groups excluding carboxylic acids is 2. The molecule has 2 fully saturated rings. The Morgan fingerprint density at radius 1 is 1.09 bits per heavy atom. The third kappa shape index (κ3) is 3.52. The van der Waals surface area contributed by atoms with Gasteiger partial charge in [-0.25, -0.2) is 4.39 Å². The summed E-state index contributed by atoms with van der Waals surface area (Å²) in [5.41, 5.74) is 6.23. The minimum Gasteiger partial charge on any atom is -0.339 e. The summed E-state index contributed by atoms with van der Waals surface area (Å²) in [7, 11) is 0. The Kier molecular flexibility index (Phi) is 4.61. The number of amides is 2. The van der Waals surface area contributed by atoms with E-state index in [9.17, 15) is 14.0 Å². The van der Waals surface area contributed by atoms with E-state index < -0.39 is 5.82 Å². The maximum Gasteiger partial charge on any atom is 0.254 e. The summed E-state index contributed by atoms with van der Waals surface area (Å²) in [5, 5.41) is 0. The molecule has 1 aromatic carbocycles. The van der Waals surface area contributed by atoms with E-state index in [1.807, 2.05) is 4.90 Å². The molecule has 0 bridgehead atoms. The van der Waals surface area contributed by atoms with Gasteiger partial charge in [-0.3, -0.25) is 9.59 Å². The van der Waals surface area contributed by atoms with Gasteiger partial charge in [0.25, 0.3) is 5.91 Å². The quantitative estimate of drug-likeness (QED) is 0.892. The second-order valence-electron chi connectivity index (χ2n) is 6.40.